The molecule has 2 aliphatic rings. The molecule has 2 aliphatic heterocycles. The summed E-state index contributed by atoms with van der Waals surface area (Å²) in [6.07, 6.45) is 0.493. The van der Waals surface area contributed by atoms with Crippen LogP contribution in [0.5, 0.6) is 0 Å². The fourth-order valence-corrected chi connectivity index (χ4v) is 5.11. The zero-order valence-corrected chi connectivity index (χ0v) is 19.9. The monoisotopic (exact) mass is 476 g/mol. The molecule has 2 atom stereocenters. The molecule has 0 saturated carbocycles. The molecule has 34 heavy (non-hydrogen) atoms. The number of nitrogens with zero attached hydrogens (tertiary/aromatic N) is 4. The summed E-state index contributed by atoms with van der Waals surface area (Å²) in [7, 11) is 0. The van der Waals surface area contributed by atoms with E-state index < -0.39 is 23.9 Å². The van der Waals surface area contributed by atoms with Crippen molar-refractivity contribution in [1.29, 1.82) is 0 Å². The SMILES string of the molecule is Cc1ccc(N2C(=O)N(CC(=O)N3N=C(c4ccc(C)o4)C[C@H]3c3cccs3)C(=O)[C@@H]2C)cc1. The summed E-state index contributed by atoms with van der Waals surface area (Å²) in [6, 6.07) is 13.4. The lowest BCUT2D eigenvalue weighted by molar-refractivity contribution is -0.138. The van der Waals surface area contributed by atoms with Crippen molar-refractivity contribution < 1.29 is 18.8 Å². The van der Waals surface area contributed by atoms with Crippen LogP contribution in [0.25, 0.3) is 0 Å². The number of imide groups is 1. The molecule has 3 aromatic rings. The Hall–Kier alpha value is -3.72. The molecule has 0 unspecified atom stereocenters. The number of hydrogen-bond acceptors (Lipinski definition) is 6. The number of carbonyl (C=O) groups is 3. The lowest BCUT2D eigenvalue weighted by Crippen LogP contribution is -2.42. The number of amides is 4. The maximum atomic E-state index is 13.4. The molecule has 0 bridgehead atoms. The summed E-state index contributed by atoms with van der Waals surface area (Å²) in [4.78, 5) is 43.0. The number of carbonyl (C=O) groups excluding carboxylic acids is 3. The molecule has 0 spiro atoms. The van der Waals surface area contributed by atoms with E-state index in [0.29, 0.717) is 23.6 Å². The zero-order valence-electron chi connectivity index (χ0n) is 19.1. The number of benzene rings is 1. The third kappa shape index (κ3) is 3.81. The number of urea groups is 1. The fraction of sp³-hybridized carbons (Fsp3) is 0.280. The molecule has 174 valence electrons. The second-order valence-corrected chi connectivity index (χ2v) is 9.50. The minimum absolute atomic E-state index is 0.314. The van der Waals surface area contributed by atoms with Crippen molar-refractivity contribution in [2.45, 2.75) is 39.3 Å². The predicted octanol–water partition coefficient (Wildman–Crippen LogP) is 4.49. The van der Waals surface area contributed by atoms with Gasteiger partial charge in [0, 0.05) is 17.0 Å². The van der Waals surface area contributed by atoms with E-state index in [4.69, 9.17) is 4.42 Å². The molecule has 0 aliphatic carbocycles. The van der Waals surface area contributed by atoms with Crippen LogP contribution in [-0.2, 0) is 9.59 Å². The Bertz CT molecular complexity index is 1280. The van der Waals surface area contributed by atoms with Crippen LogP contribution >= 0.6 is 11.3 Å². The highest BCUT2D eigenvalue weighted by Gasteiger charge is 2.45. The van der Waals surface area contributed by atoms with Gasteiger partial charge in [-0.1, -0.05) is 23.8 Å². The van der Waals surface area contributed by atoms with Gasteiger partial charge < -0.3 is 4.42 Å². The van der Waals surface area contributed by atoms with Crippen molar-refractivity contribution in [2.24, 2.45) is 5.10 Å². The quantitative estimate of drug-likeness (QED) is 0.508. The van der Waals surface area contributed by atoms with Gasteiger partial charge in [-0.05, 0) is 56.5 Å². The summed E-state index contributed by atoms with van der Waals surface area (Å²) in [5.41, 5.74) is 2.33. The Kier molecular flexibility index (Phi) is 5.57. The Morgan fingerprint density at radius 3 is 2.53 bits per heavy atom. The number of hydrogen-bond donors (Lipinski definition) is 0. The van der Waals surface area contributed by atoms with Crippen LogP contribution in [0.4, 0.5) is 10.5 Å². The molecule has 1 saturated heterocycles. The highest BCUT2D eigenvalue weighted by Crippen LogP contribution is 2.36. The molecule has 4 heterocycles. The van der Waals surface area contributed by atoms with Crippen LogP contribution in [0.15, 0.2) is 63.4 Å². The fourth-order valence-electron chi connectivity index (χ4n) is 4.30. The van der Waals surface area contributed by atoms with Crippen LogP contribution in [0.3, 0.4) is 0 Å². The number of aryl methyl sites for hydroxylation is 2. The molecule has 8 nitrogen and oxygen atoms in total. The van der Waals surface area contributed by atoms with E-state index in [1.54, 1.807) is 19.1 Å². The Balaban J connectivity index is 1.40. The van der Waals surface area contributed by atoms with Gasteiger partial charge in [0.1, 0.15) is 29.8 Å². The topological polar surface area (TPSA) is 86.4 Å². The number of hydrazone groups is 1. The van der Waals surface area contributed by atoms with E-state index in [1.807, 2.05) is 55.6 Å². The van der Waals surface area contributed by atoms with Gasteiger partial charge >= 0.3 is 6.03 Å². The van der Waals surface area contributed by atoms with E-state index in [9.17, 15) is 14.4 Å². The summed E-state index contributed by atoms with van der Waals surface area (Å²) in [5.74, 6) is 0.545. The number of furan rings is 1. The van der Waals surface area contributed by atoms with Gasteiger partial charge in [0.2, 0.25) is 0 Å². The average Bonchev–Trinajstić information content (AvgIpc) is 3.60. The van der Waals surface area contributed by atoms with E-state index >= 15 is 0 Å². The van der Waals surface area contributed by atoms with Crippen LogP contribution in [0.1, 0.15) is 41.3 Å². The first-order valence-electron chi connectivity index (χ1n) is 11.0. The highest BCUT2D eigenvalue weighted by atomic mass is 32.1. The lowest BCUT2D eigenvalue weighted by atomic mass is 10.1. The Morgan fingerprint density at radius 1 is 1.12 bits per heavy atom. The number of rotatable bonds is 5. The van der Waals surface area contributed by atoms with E-state index in [0.717, 1.165) is 21.1 Å². The lowest BCUT2D eigenvalue weighted by Gasteiger charge is -2.23. The molecule has 5 rings (SSSR count). The number of anilines is 1. The van der Waals surface area contributed by atoms with Gasteiger partial charge in [-0.2, -0.15) is 5.10 Å². The van der Waals surface area contributed by atoms with Gasteiger partial charge in [-0.3, -0.25) is 19.4 Å². The van der Waals surface area contributed by atoms with Crippen LogP contribution < -0.4 is 4.90 Å². The standard InChI is InChI=1S/C25H24N4O4S/c1-15-6-9-18(10-7-15)28-17(3)24(31)27(25(28)32)14-23(30)29-20(22-5-4-12-34-22)13-19(26-29)21-11-8-16(2)33-21/h4-12,17,20H,13-14H2,1-3H3/t17-,20-/m0/s1. The molecule has 2 aromatic heterocycles. The maximum absolute atomic E-state index is 13.4. The van der Waals surface area contributed by atoms with E-state index in [1.165, 1.54) is 21.2 Å². The van der Waals surface area contributed by atoms with Crippen molar-refractivity contribution in [2.75, 3.05) is 11.4 Å². The largest absolute Gasteiger partial charge is 0.460 e. The minimum atomic E-state index is -0.695. The minimum Gasteiger partial charge on any atom is -0.460 e. The molecule has 0 radical (unpaired) electrons. The Labute approximate surface area is 201 Å². The van der Waals surface area contributed by atoms with Crippen molar-refractivity contribution in [3.8, 4) is 0 Å². The Morgan fingerprint density at radius 2 is 1.88 bits per heavy atom. The van der Waals surface area contributed by atoms with Crippen LogP contribution in [-0.4, -0.2) is 46.1 Å². The highest BCUT2D eigenvalue weighted by molar-refractivity contribution is 7.10. The average molecular weight is 477 g/mol. The second-order valence-electron chi connectivity index (χ2n) is 8.52. The summed E-state index contributed by atoms with van der Waals surface area (Å²) in [5, 5.41) is 7.89. The summed E-state index contributed by atoms with van der Waals surface area (Å²) in [6.45, 7) is 5.10. The predicted molar refractivity (Wildman–Crippen MR) is 129 cm³/mol. The molecule has 1 aromatic carbocycles. The van der Waals surface area contributed by atoms with Gasteiger partial charge in [-0.15, -0.1) is 11.3 Å². The second kappa shape index (κ2) is 8.57. The molecule has 1 fully saturated rings. The zero-order chi connectivity index (χ0) is 24.0. The molecule has 9 heteroatoms. The normalized spacial score (nSPS) is 20.4. The van der Waals surface area contributed by atoms with E-state index in [2.05, 4.69) is 5.10 Å². The first-order chi connectivity index (χ1) is 16.3. The summed E-state index contributed by atoms with van der Waals surface area (Å²) < 4.78 is 5.72. The molecular weight excluding hydrogens is 452 g/mol. The maximum Gasteiger partial charge on any atom is 0.332 e. The van der Waals surface area contributed by atoms with Gasteiger partial charge in [-0.25, -0.2) is 9.80 Å². The van der Waals surface area contributed by atoms with Gasteiger partial charge in [0.05, 0.1) is 6.04 Å². The van der Waals surface area contributed by atoms with Crippen molar-refractivity contribution in [3.05, 3.63) is 75.9 Å². The molecule has 4 amide bonds. The first-order valence-corrected chi connectivity index (χ1v) is 11.9. The molecule has 0 N–H and O–H groups in total. The number of thiophene rings is 1. The first kappa shape index (κ1) is 22.1. The third-order valence-corrected chi connectivity index (χ3v) is 7.09. The van der Waals surface area contributed by atoms with Crippen molar-refractivity contribution >= 4 is 40.6 Å². The van der Waals surface area contributed by atoms with Gasteiger partial charge in [0.15, 0.2) is 0 Å². The van der Waals surface area contributed by atoms with Crippen LogP contribution in [0, 0.1) is 13.8 Å². The van der Waals surface area contributed by atoms with Crippen LogP contribution in [0.2, 0.25) is 0 Å². The smallest absolute Gasteiger partial charge is 0.332 e. The summed E-state index contributed by atoms with van der Waals surface area (Å²) >= 11 is 1.53. The third-order valence-electron chi connectivity index (χ3n) is 6.12. The van der Waals surface area contributed by atoms with E-state index in [-0.39, 0.29) is 12.6 Å². The van der Waals surface area contributed by atoms with Gasteiger partial charge in [0.25, 0.3) is 11.8 Å². The van der Waals surface area contributed by atoms with Crippen molar-refractivity contribution in [3.63, 3.8) is 0 Å². The molecular formula is C25H24N4O4S. The van der Waals surface area contributed by atoms with Crippen molar-refractivity contribution in [1.82, 2.24) is 9.91 Å².